The Balaban J connectivity index is 1.74. The third kappa shape index (κ3) is 2.53. The Hall–Kier alpha value is -2.59. The van der Waals surface area contributed by atoms with Gasteiger partial charge in [0.05, 0.1) is 33.9 Å². The molecule has 0 unspecified atom stereocenters. The number of hydrogen-bond acceptors (Lipinski definition) is 0. The summed E-state index contributed by atoms with van der Waals surface area (Å²) in [6.45, 7) is 0. The molecular formula is C24H16IN. The van der Waals surface area contributed by atoms with Crippen molar-refractivity contribution in [3.05, 3.63) is 97.1 Å². The van der Waals surface area contributed by atoms with E-state index < -0.39 is 0 Å². The van der Waals surface area contributed by atoms with E-state index in [9.17, 15) is 0 Å². The van der Waals surface area contributed by atoms with Gasteiger partial charge in [-0.15, -0.1) is 0 Å². The van der Waals surface area contributed by atoms with E-state index in [0.29, 0.717) is 0 Å². The summed E-state index contributed by atoms with van der Waals surface area (Å²) >= 11 is 2.41. The number of fused-ring (bicyclic) bond motifs is 3. The van der Waals surface area contributed by atoms with Gasteiger partial charge in [0.2, 0.25) is 0 Å². The van der Waals surface area contributed by atoms with Gasteiger partial charge in [-0.2, -0.15) is 0 Å². The van der Waals surface area contributed by atoms with Crippen molar-refractivity contribution in [3.63, 3.8) is 0 Å². The highest BCUT2D eigenvalue weighted by atomic mass is 127. The predicted octanol–water partition coefficient (Wildman–Crippen LogP) is 7.33. The molecule has 5 rings (SSSR count). The van der Waals surface area contributed by atoms with Gasteiger partial charge in [-0.1, -0.05) is 78.9 Å². The maximum absolute atomic E-state index is 2.41. The van der Waals surface area contributed by atoms with E-state index in [-0.39, 0.29) is 0 Å². The first-order chi connectivity index (χ1) is 12.8. The Bertz CT molecular complexity index is 1220. The molecule has 1 aromatic heterocycles. The number of aromatic nitrogens is 1. The lowest BCUT2D eigenvalue weighted by Crippen LogP contribution is -1.81. The van der Waals surface area contributed by atoms with Crippen LogP contribution in [0.1, 0.15) is 0 Å². The third-order valence-corrected chi connectivity index (χ3v) is 5.96. The van der Waals surface area contributed by atoms with Crippen LogP contribution in [0, 0.1) is 0 Å². The summed E-state index contributed by atoms with van der Waals surface area (Å²) in [5.74, 6) is 0. The van der Waals surface area contributed by atoms with Gasteiger partial charge >= 0.3 is 0 Å². The molecule has 0 spiro atoms. The zero-order chi connectivity index (χ0) is 17.5. The van der Waals surface area contributed by atoms with Crippen molar-refractivity contribution in [2.75, 3.05) is 0 Å². The topological polar surface area (TPSA) is 4.93 Å². The summed E-state index contributed by atoms with van der Waals surface area (Å²) in [5, 5.41) is 2.60. The van der Waals surface area contributed by atoms with Crippen molar-refractivity contribution < 1.29 is 0 Å². The van der Waals surface area contributed by atoms with E-state index in [1.807, 2.05) is 0 Å². The van der Waals surface area contributed by atoms with E-state index in [0.717, 1.165) is 0 Å². The maximum Gasteiger partial charge on any atom is 0.0646 e. The summed E-state index contributed by atoms with van der Waals surface area (Å²) in [6, 6.07) is 34.6. The fourth-order valence-corrected chi connectivity index (χ4v) is 4.41. The quantitative estimate of drug-likeness (QED) is 0.251. The van der Waals surface area contributed by atoms with Crippen LogP contribution in [0.5, 0.6) is 0 Å². The Kier molecular flexibility index (Phi) is 3.79. The fraction of sp³-hybridized carbons (Fsp3) is 0. The van der Waals surface area contributed by atoms with Crippen molar-refractivity contribution in [1.82, 2.24) is 2.78 Å². The van der Waals surface area contributed by atoms with Crippen LogP contribution in [0.4, 0.5) is 0 Å². The molecule has 0 aliphatic carbocycles. The van der Waals surface area contributed by atoms with E-state index in [4.69, 9.17) is 0 Å². The third-order valence-electron chi connectivity index (χ3n) is 4.92. The second-order valence-corrected chi connectivity index (χ2v) is 7.44. The molecule has 0 saturated carbocycles. The highest BCUT2D eigenvalue weighted by Crippen LogP contribution is 2.36. The van der Waals surface area contributed by atoms with E-state index in [1.54, 1.807) is 0 Å². The highest BCUT2D eigenvalue weighted by molar-refractivity contribution is 14.1. The lowest BCUT2D eigenvalue weighted by Gasteiger charge is -2.02. The van der Waals surface area contributed by atoms with Crippen LogP contribution in [0.15, 0.2) is 97.1 Å². The lowest BCUT2D eigenvalue weighted by molar-refractivity contribution is 1.49. The predicted molar refractivity (Wildman–Crippen MR) is 120 cm³/mol. The number of rotatable bonds is 2. The van der Waals surface area contributed by atoms with Gasteiger partial charge in [0.25, 0.3) is 0 Å². The molecule has 1 heterocycles. The molecular weight excluding hydrogens is 429 g/mol. The summed E-state index contributed by atoms with van der Waals surface area (Å²) in [7, 11) is 0. The molecule has 1 nitrogen and oxygen atoms in total. The van der Waals surface area contributed by atoms with Crippen LogP contribution in [0.2, 0.25) is 0 Å². The minimum atomic E-state index is 1.25. The van der Waals surface area contributed by atoms with Crippen molar-refractivity contribution in [3.8, 4) is 22.3 Å². The first kappa shape index (κ1) is 15.6. The molecule has 0 atom stereocenters. The van der Waals surface area contributed by atoms with Gasteiger partial charge in [-0.25, -0.2) is 0 Å². The summed E-state index contributed by atoms with van der Waals surface area (Å²) in [5.41, 5.74) is 7.53. The average Bonchev–Trinajstić information content (AvgIpc) is 3.01. The zero-order valence-electron chi connectivity index (χ0n) is 14.1. The van der Waals surface area contributed by atoms with Gasteiger partial charge < -0.3 is 0 Å². The van der Waals surface area contributed by atoms with Gasteiger partial charge in [-0.05, 0) is 40.5 Å². The molecule has 0 fully saturated rings. The van der Waals surface area contributed by atoms with E-state index >= 15 is 0 Å². The average molecular weight is 445 g/mol. The van der Waals surface area contributed by atoms with Crippen molar-refractivity contribution in [2.45, 2.75) is 0 Å². The number of hydrogen-bond donors (Lipinski definition) is 0. The van der Waals surface area contributed by atoms with Gasteiger partial charge in [0.15, 0.2) is 0 Å². The van der Waals surface area contributed by atoms with Crippen molar-refractivity contribution in [2.24, 2.45) is 0 Å². The Morgan fingerprint density at radius 1 is 0.462 bits per heavy atom. The molecule has 0 aliphatic heterocycles. The van der Waals surface area contributed by atoms with Crippen LogP contribution in [-0.2, 0) is 0 Å². The molecule has 4 aromatic carbocycles. The van der Waals surface area contributed by atoms with Gasteiger partial charge in [-0.3, -0.25) is 2.78 Å². The number of benzene rings is 4. The molecule has 2 heteroatoms. The molecule has 0 radical (unpaired) electrons. The molecule has 0 aliphatic rings. The van der Waals surface area contributed by atoms with Crippen LogP contribution >= 0.6 is 22.9 Å². The molecule has 0 amide bonds. The number of nitrogens with zero attached hydrogens (tertiary/aromatic N) is 1. The Labute approximate surface area is 166 Å². The lowest BCUT2D eigenvalue weighted by atomic mass is 10.0. The highest BCUT2D eigenvalue weighted by Gasteiger charge is 2.11. The van der Waals surface area contributed by atoms with Crippen LogP contribution in [0.25, 0.3) is 44.1 Å². The minimum absolute atomic E-state index is 1.25. The molecule has 0 saturated heterocycles. The SMILES string of the molecule is In1c2ccc(-c3ccccc3)cc2c2ccc(-c3ccccc3)cc21. The first-order valence-corrected chi connectivity index (χ1v) is 9.63. The van der Waals surface area contributed by atoms with Crippen LogP contribution in [0.3, 0.4) is 0 Å². The van der Waals surface area contributed by atoms with Crippen molar-refractivity contribution in [1.29, 1.82) is 0 Å². The van der Waals surface area contributed by atoms with E-state index in [2.05, 4.69) is 123 Å². The molecule has 0 N–H and O–H groups in total. The van der Waals surface area contributed by atoms with Crippen LogP contribution < -0.4 is 0 Å². The van der Waals surface area contributed by atoms with Gasteiger partial charge in [0.1, 0.15) is 0 Å². The van der Waals surface area contributed by atoms with Gasteiger partial charge in [0, 0.05) is 10.8 Å². The monoisotopic (exact) mass is 445 g/mol. The Morgan fingerprint density at radius 3 is 1.69 bits per heavy atom. The molecule has 26 heavy (non-hydrogen) atoms. The molecule has 5 aromatic rings. The number of halogens is 1. The molecule has 124 valence electrons. The minimum Gasteiger partial charge on any atom is -0.282 e. The Morgan fingerprint density at radius 2 is 1.04 bits per heavy atom. The van der Waals surface area contributed by atoms with Crippen LogP contribution in [-0.4, -0.2) is 2.78 Å². The first-order valence-electron chi connectivity index (χ1n) is 8.66. The summed E-state index contributed by atoms with van der Waals surface area (Å²) < 4.78 is 2.27. The standard InChI is InChI=1S/C24H16IN/c25-26-23-14-12-19(17-7-3-1-4-8-17)15-22(23)21-13-11-20(16-24(21)26)18-9-5-2-6-10-18/h1-16H. The second kappa shape index (κ2) is 6.29. The zero-order valence-corrected chi connectivity index (χ0v) is 16.2. The molecule has 0 bridgehead atoms. The normalized spacial score (nSPS) is 11.3. The smallest absolute Gasteiger partial charge is 0.0646 e. The van der Waals surface area contributed by atoms with E-state index in [1.165, 1.54) is 44.1 Å². The summed E-state index contributed by atoms with van der Waals surface area (Å²) in [4.78, 5) is 0. The second-order valence-electron chi connectivity index (χ2n) is 6.48. The van der Waals surface area contributed by atoms with Crippen molar-refractivity contribution >= 4 is 44.7 Å². The maximum atomic E-state index is 2.41. The fourth-order valence-electron chi connectivity index (χ4n) is 3.59. The largest absolute Gasteiger partial charge is 0.282 e. The summed E-state index contributed by atoms with van der Waals surface area (Å²) in [6.07, 6.45) is 0.